The third-order valence-electron chi connectivity index (χ3n) is 2.67. The highest BCUT2D eigenvalue weighted by atomic mass is 28.4. The van der Waals surface area contributed by atoms with Crippen molar-refractivity contribution in [2.24, 2.45) is 17.4 Å². The van der Waals surface area contributed by atoms with Crippen LogP contribution in [0.5, 0.6) is 0 Å². The zero-order valence-corrected chi connectivity index (χ0v) is 10.6. The highest BCUT2D eigenvalue weighted by Crippen LogP contribution is 2.21. The fourth-order valence-corrected chi connectivity index (χ4v) is 3.40. The summed E-state index contributed by atoms with van der Waals surface area (Å²) in [6.45, 7) is 3.49. The predicted molar refractivity (Wildman–Crippen MR) is 61.3 cm³/mol. The Morgan fingerprint density at radius 3 is 2.14 bits per heavy atom. The molecule has 1 unspecified atom stereocenters. The number of rotatable bonds is 8. The topological polar surface area (TPSA) is 70.5 Å². The van der Waals surface area contributed by atoms with Gasteiger partial charge in [0.25, 0.3) is 0 Å². The molecule has 0 saturated carbocycles. The molecule has 0 heterocycles. The maximum Gasteiger partial charge on any atom is 0.334 e. The van der Waals surface area contributed by atoms with E-state index in [1.807, 2.05) is 0 Å². The van der Waals surface area contributed by atoms with Crippen LogP contribution in [-0.4, -0.2) is 35.9 Å². The van der Waals surface area contributed by atoms with Crippen LogP contribution in [0.15, 0.2) is 0 Å². The molecular weight excluding hydrogens is 196 g/mol. The van der Waals surface area contributed by atoms with Crippen molar-refractivity contribution in [3.8, 4) is 0 Å². The molecular formula is C9H24N2O2Si. The van der Waals surface area contributed by atoms with Gasteiger partial charge in [-0.05, 0) is 44.4 Å². The lowest BCUT2D eigenvalue weighted by molar-refractivity contribution is 0.240. The highest BCUT2D eigenvalue weighted by Gasteiger charge is 2.31. The summed E-state index contributed by atoms with van der Waals surface area (Å²) in [5.41, 5.74) is 11.2. The maximum atomic E-state index is 5.70. The zero-order chi connectivity index (χ0) is 11.0. The van der Waals surface area contributed by atoms with Crippen LogP contribution in [0.25, 0.3) is 0 Å². The van der Waals surface area contributed by atoms with E-state index in [0.717, 1.165) is 25.4 Å². The second-order valence-electron chi connectivity index (χ2n) is 3.78. The first-order valence-electron chi connectivity index (χ1n) is 5.12. The zero-order valence-electron chi connectivity index (χ0n) is 9.58. The molecule has 0 rings (SSSR count). The van der Waals surface area contributed by atoms with Crippen LogP contribution in [0.3, 0.4) is 0 Å². The molecule has 86 valence electrons. The van der Waals surface area contributed by atoms with E-state index >= 15 is 0 Å². The first-order valence-corrected chi connectivity index (χ1v) is 7.64. The molecule has 0 aliphatic heterocycles. The van der Waals surface area contributed by atoms with Crippen LogP contribution in [-0.2, 0) is 8.85 Å². The monoisotopic (exact) mass is 220 g/mol. The number of hydrogen-bond acceptors (Lipinski definition) is 4. The second-order valence-corrected chi connectivity index (χ2v) is 7.27. The Labute approximate surface area is 88.2 Å². The Hall–Kier alpha value is 0.0569. The normalized spacial score (nSPS) is 14.4. The molecule has 0 saturated heterocycles. The minimum absolute atomic E-state index is 0.482. The molecule has 5 heteroatoms. The SMILES string of the molecule is CO[Si](C)(CC(CN)CCCN)OC. The van der Waals surface area contributed by atoms with Gasteiger partial charge in [0.2, 0.25) is 0 Å². The summed E-state index contributed by atoms with van der Waals surface area (Å²) in [6.07, 6.45) is 2.10. The van der Waals surface area contributed by atoms with Crippen molar-refractivity contribution in [1.82, 2.24) is 0 Å². The fourth-order valence-electron chi connectivity index (χ4n) is 1.48. The first kappa shape index (κ1) is 14.1. The molecule has 4 nitrogen and oxygen atoms in total. The molecule has 0 fully saturated rings. The van der Waals surface area contributed by atoms with Crippen LogP contribution < -0.4 is 11.5 Å². The van der Waals surface area contributed by atoms with Gasteiger partial charge in [-0.3, -0.25) is 0 Å². The van der Waals surface area contributed by atoms with E-state index in [-0.39, 0.29) is 0 Å². The average Bonchev–Trinajstić information content (AvgIpc) is 2.23. The van der Waals surface area contributed by atoms with Gasteiger partial charge in [-0.15, -0.1) is 0 Å². The van der Waals surface area contributed by atoms with Gasteiger partial charge in [-0.2, -0.15) is 0 Å². The van der Waals surface area contributed by atoms with E-state index in [9.17, 15) is 0 Å². The Balaban J connectivity index is 4.00. The van der Waals surface area contributed by atoms with Crippen molar-refractivity contribution < 1.29 is 8.85 Å². The van der Waals surface area contributed by atoms with Gasteiger partial charge in [0, 0.05) is 14.2 Å². The van der Waals surface area contributed by atoms with Crippen molar-refractivity contribution in [3.63, 3.8) is 0 Å². The maximum absolute atomic E-state index is 5.70. The molecule has 0 radical (unpaired) electrons. The molecule has 0 bridgehead atoms. The summed E-state index contributed by atoms with van der Waals surface area (Å²) >= 11 is 0. The molecule has 0 aliphatic carbocycles. The van der Waals surface area contributed by atoms with E-state index in [0.29, 0.717) is 12.5 Å². The van der Waals surface area contributed by atoms with E-state index in [1.54, 1.807) is 14.2 Å². The van der Waals surface area contributed by atoms with Crippen LogP contribution in [0.2, 0.25) is 12.6 Å². The Morgan fingerprint density at radius 1 is 1.21 bits per heavy atom. The molecule has 0 amide bonds. The van der Waals surface area contributed by atoms with Crippen LogP contribution in [0, 0.1) is 5.92 Å². The van der Waals surface area contributed by atoms with E-state index in [4.69, 9.17) is 20.3 Å². The highest BCUT2D eigenvalue weighted by molar-refractivity contribution is 6.66. The summed E-state index contributed by atoms with van der Waals surface area (Å²) < 4.78 is 10.9. The molecule has 4 N–H and O–H groups in total. The Morgan fingerprint density at radius 2 is 1.79 bits per heavy atom. The average molecular weight is 220 g/mol. The fraction of sp³-hybridized carbons (Fsp3) is 1.00. The van der Waals surface area contributed by atoms with Crippen molar-refractivity contribution in [2.45, 2.75) is 25.4 Å². The Bertz CT molecular complexity index is 143. The lowest BCUT2D eigenvalue weighted by atomic mass is 10.1. The van der Waals surface area contributed by atoms with Gasteiger partial charge in [-0.25, -0.2) is 0 Å². The molecule has 0 aromatic carbocycles. The minimum atomic E-state index is -1.95. The quantitative estimate of drug-likeness (QED) is 0.590. The van der Waals surface area contributed by atoms with Gasteiger partial charge in [0.15, 0.2) is 0 Å². The molecule has 0 spiro atoms. The third kappa shape index (κ3) is 5.07. The minimum Gasteiger partial charge on any atom is -0.398 e. The summed E-state index contributed by atoms with van der Waals surface area (Å²) in [7, 11) is 1.48. The second kappa shape index (κ2) is 7.36. The van der Waals surface area contributed by atoms with Gasteiger partial charge < -0.3 is 20.3 Å². The van der Waals surface area contributed by atoms with E-state index in [2.05, 4.69) is 6.55 Å². The largest absolute Gasteiger partial charge is 0.398 e. The van der Waals surface area contributed by atoms with Gasteiger partial charge >= 0.3 is 8.56 Å². The van der Waals surface area contributed by atoms with Crippen molar-refractivity contribution >= 4 is 8.56 Å². The molecule has 0 aromatic rings. The molecule has 1 atom stereocenters. The van der Waals surface area contributed by atoms with Crippen LogP contribution >= 0.6 is 0 Å². The summed E-state index contributed by atoms with van der Waals surface area (Å²) in [5, 5.41) is 0. The lowest BCUT2D eigenvalue weighted by Gasteiger charge is -2.27. The molecule has 0 aliphatic rings. The van der Waals surface area contributed by atoms with E-state index in [1.165, 1.54) is 0 Å². The summed E-state index contributed by atoms with van der Waals surface area (Å²) in [5.74, 6) is 0.482. The smallest absolute Gasteiger partial charge is 0.334 e. The van der Waals surface area contributed by atoms with E-state index < -0.39 is 8.56 Å². The lowest BCUT2D eigenvalue weighted by Crippen LogP contribution is -2.39. The van der Waals surface area contributed by atoms with Crippen molar-refractivity contribution in [2.75, 3.05) is 27.3 Å². The van der Waals surface area contributed by atoms with Crippen molar-refractivity contribution in [3.05, 3.63) is 0 Å². The predicted octanol–water partition coefficient (Wildman–Crippen LogP) is 0.665. The third-order valence-corrected chi connectivity index (χ3v) is 5.72. The van der Waals surface area contributed by atoms with Gasteiger partial charge in [-0.1, -0.05) is 0 Å². The molecule has 14 heavy (non-hydrogen) atoms. The molecule has 0 aromatic heterocycles. The van der Waals surface area contributed by atoms with Crippen molar-refractivity contribution in [1.29, 1.82) is 0 Å². The number of hydrogen-bond donors (Lipinski definition) is 2. The van der Waals surface area contributed by atoms with Gasteiger partial charge in [0.05, 0.1) is 0 Å². The van der Waals surface area contributed by atoms with Crippen LogP contribution in [0.1, 0.15) is 12.8 Å². The summed E-state index contributed by atoms with van der Waals surface area (Å²) in [6, 6.07) is 0.955. The standard InChI is InChI=1S/C9H24N2O2Si/c1-12-14(3,13-2)8-9(7-11)5-4-6-10/h9H,4-8,10-11H2,1-3H3. The van der Waals surface area contributed by atoms with Crippen LogP contribution in [0.4, 0.5) is 0 Å². The number of nitrogens with two attached hydrogens (primary N) is 2. The summed E-state index contributed by atoms with van der Waals surface area (Å²) in [4.78, 5) is 0. The first-order chi connectivity index (χ1) is 6.61. The van der Waals surface area contributed by atoms with Gasteiger partial charge in [0.1, 0.15) is 0 Å². The Kier molecular flexibility index (Phi) is 7.39.